The van der Waals surface area contributed by atoms with Gasteiger partial charge in [0.05, 0.1) is 6.04 Å². The Kier molecular flexibility index (Phi) is 4.85. The fourth-order valence-electron chi connectivity index (χ4n) is 2.34. The van der Waals surface area contributed by atoms with Gasteiger partial charge in [0.25, 0.3) is 0 Å². The number of halogens is 1. The van der Waals surface area contributed by atoms with Crippen molar-refractivity contribution in [1.29, 1.82) is 0 Å². The number of rotatable bonds is 5. The molecular formula is C14H24FN3. The zero-order chi connectivity index (χ0) is 13.9. The Morgan fingerprint density at radius 1 is 1.39 bits per heavy atom. The molecule has 2 atom stereocenters. The van der Waals surface area contributed by atoms with Crippen LogP contribution in [0.1, 0.15) is 37.4 Å². The second-order valence-corrected chi connectivity index (χ2v) is 5.27. The highest BCUT2D eigenvalue weighted by Gasteiger charge is 2.35. The van der Waals surface area contributed by atoms with Crippen molar-refractivity contribution < 1.29 is 4.39 Å². The Balaban J connectivity index is 3.23. The number of nitrogens with zero attached hydrogens (tertiary/aromatic N) is 1. The lowest BCUT2D eigenvalue weighted by Gasteiger charge is -2.42. The van der Waals surface area contributed by atoms with Gasteiger partial charge in [-0.3, -0.25) is 11.3 Å². The maximum atomic E-state index is 13.5. The summed E-state index contributed by atoms with van der Waals surface area (Å²) in [4.78, 5) is 2.12. The van der Waals surface area contributed by atoms with Crippen LogP contribution >= 0.6 is 0 Å². The monoisotopic (exact) mass is 253 g/mol. The molecule has 102 valence electrons. The Hall–Kier alpha value is -0.970. The van der Waals surface area contributed by atoms with Gasteiger partial charge in [-0.25, -0.2) is 4.39 Å². The molecule has 4 heteroatoms. The summed E-state index contributed by atoms with van der Waals surface area (Å²) in [6.45, 7) is 6.12. The number of hydrogen-bond acceptors (Lipinski definition) is 3. The second kappa shape index (κ2) is 5.78. The fraction of sp³-hybridized carbons (Fsp3) is 0.571. The SMILES string of the molecule is CCC(C)(C(NN)c1cc(C)cc(F)c1)N(C)C. The average Bonchev–Trinajstić information content (AvgIpc) is 2.28. The molecule has 18 heavy (non-hydrogen) atoms. The summed E-state index contributed by atoms with van der Waals surface area (Å²) in [5, 5.41) is 0. The van der Waals surface area contributed by atoms with Crippen LogP contribution in [0.4, 0.5) is 4.39 Å². The van der Waals surface area contributed by atoms with Crippen molar-refractivity contribution >= 4 is 0 Å². The zero-order valence-corrected chi connectivity index (χ0v) is 11.9. The van der Waals surface area contributed by atoms with E-state index in [0.717, 1.165) is 17.5 Å². The van der Waals surface area contributed by atoms with Crippen molar-refractivity contribution in [2.45, 2.75) is 38.8 Å². The van der Waals surface area contributed by atoms with Gasteiger partial charge >= 0.3 is 0 Å². The van der Waals surface area contributed by atoms with E-state index < -0.39 is 0 Å². The molecule has 0 aromatic heterocycles. The second-order valence-electron chi connectivity index (χ2n) is 5.27. The summed E-state index contributed by atoms with van der Waals surface area (Å²) < 4.78 is 13.5. The highest BCUT2D eigenvalue weighted by atomic mass is 19.1. The standard InChI is InChI=1S/C14H24FN3/c1-6-14(3,18(4)5)13(17-16)11-7-10(2)8-12(15)9-11/h7-9,13,17H,6,16H2,1-5H3. The molecule has 0 spiro atoms. The summed E-state index contributed by atoms with van der Waals surface area (Å²) in [5.74, 6) is 5.49. The van der Waals surface area contributed by atoms with Gasteiger partial charge in [-0.2, -0.15) is 0 Å². The van der Waals surface area contributed by atoms with Crippen LogP contribution in [-0.2, 0) is 0 Å². The molecule has 1 rings (SSSR count). The molecule has 0 amide bonds. The van der Waals surface area contributed by atoms with Gasteiger partial charge in [-0.1, -0.05) is 13.0 Å². The van der Waals surface area contributed by atoms with Crippen LogP contribution in [0.5, 0.6) is 0 Å². The minimum Gasteiger partial charge on any atom is -0.302 e. The molecule has 0 radical (unpaired) electrons. The fourth-order valence-corrected chi connectivity index (χ4v) is 2.34. The minimum absolute atomic E-state index is 0.119. The summed E-state index contributed by atoms with van der Waals surface area (Å²) >= 11 is 0. The van der Waals surface area contributed by atoms with Crippen LogP contribution < -0.4 is 11.3 Å². The smallest absolute Gasteiger partial charge is 0.123 e. The lowest BCUT2D eigenvalue weighted by atomic mass is 9.83. The molecule has 0 heterocycles. The van der Waals surface area contributed by atoms with Crippen LogP contribution in [0.2, 0.25) is 0 Å². The molecule has 1 aromatic rings. The summed E-state index contributed by atoms with van der Waals surface area (Å²) in [7, 11) is 4.03. The molecule has 3 nitrogen and oxygen atoms in total. The number of aryl methyl sites for hydroxylation is 1. The maximum Gasteiger partial charge on any atom is 0.123 e. The van der Waals surface area contributed by atoms with Crippen LogP contribution in [0.3, 0.4) is 0 Å². The highest BCUT2D eigenvalue weighted by Crippen LogP contribution is 2.32. The van der Waals surface area contributed by atoms with Crippen molar-refractivity contribution in [1.82, 2.24) is 10.3 Å². The number of hydrazine groups is 1. The summed E-state index contributed by atoms with van der Waals surface area (Å²) in [6.07, 6.45) is 0.907. The number of nitrogens with one attached hydrogen (secondary N) is 1. The average molecular weight is 253 g/mol. The van der Waals surface area contributed by atoms with E-state index in [1.54, 1.807) is 6.07 Å². The topological polar surface area (TPSA) is 41.3 Å². The van der Waals surface area contributed by atoms with Gasteiger partial charge in [-0.15, -0.1) is 0 Å². The predicted octanol–water partition coefficient (Wildman–Crippen LogP) is 2.37. The Bertz CT molecular complexity index is 386. The summed E-state index contributed by atoms with van der Waals surface area (Å²) in [5.41, 5.74) is 4.45. The zero-order valence-electron chi connectivity index (χ0n) is 11.9. The highest BCUT2D eigenvalue weighted by molar-refractivity contribution is 5.28. The first-order valence-electron chi connectivity index (χ1n) is 6.25. The van der Waals surface area contributed by atoms with Gasteiger partial charge in [0.15, 0.2) is 0 Å². The van der Waals surface area contributed by atoms with Crippen LogP contribution in [-0.4, -0.2) is 24.5 Å². The van der Waals surface area contributed by atoms with Crippen LogP contribution in [0.15, 0.2) is 18.2 Å². The molecule has 1 aromatic carbocycles. The third-order valence-corrected chi connectivity index (χ3v) is 3.92. The van der Waals surface area contributed by atoms with E-state index >= 15 is 0 Å². The molecule has 0 bridgehead atoms. The quantitative estimate of drug-likeness (QED) is 0.625. The molecule has 0 fully saturated rings. The number of benzene rings is 1. The van der Waals surface area contributed by atoms with Crippen LogP contribution in [0.25, 0.3) is 0 Å². The third-order valence-electron chi connectivity index (χ3n) is 3.92. The van der Waals surface area contributed by atoms with Crippen molar-refractivity contribution in [2.75, 3.05) is 14.1 Å². The van der Waals surface area contributed by atoms with Crippen molar-refractivity contribution in [3.8, 4) is 0 Å². The Labute approximate surface area is 109 Å². The molecule has 0 saturated heterocycles. The van der Waals surface area contributed by atoms with Gasteiger partial charge in [0.1, 0.15) is 5.82 Å². The van der Waals surface area contributed by atoms with Crippen molar-refractivity contribution in [3.05, 3.63) is 35.1 Å². The first kappa shape index (κ1) is 15.1. The minimum atomic E-state index is -0.220. The predicted molar refractivity (Wildman–Crippen MR) is 73.6 cm³/mol. The van der Waals surface area contributed by atoms with E-state index in [2.05, 4.69) is 24.2 Å². The largest absolute Gasteiger partial charge is 0.302 e. The lowest BCUT2D eigenvalue weighted by Crippen LogP contribution is -2.53. The molecule has 2 unspecified atom stereocenters. The third kappa shape index (κ3) is 2.88. The summed E-state index contributed by atoms with van der Waals surface area (Å²) in [6, 6.07) is 4.93. The molecular weight excluding hydrogens is 229 g/mol. The molecule has 0 aliphatic carbocycles. The first-order chi connectivity index (χ1) is 8.35. The molecule has 0 aliphatic heterocycles. The van der Waals surface area contributed by atoms with E-state index in [1.165, 1.54) is 6.07 Å². The van der Waals surface area contributed by atoms with Gasteiger partial charge in [-0.05, 0) is 57.6 Å². The van der Waals surface area contributed by atoms with Crippen molar-refractivity contribution in [3.63, 3.8) is 0 Å². The number of hydrogen-bond donors (Lipinski definition) is 2. The number of nitrogens with two attached hydrogens (primary N) is 1. The Morgan fingerprint density at radius 3 is 2.39 bits per heavy atom. The van der Waals surface area contributed by atoms with E-state index in [4.69, 9.17) is 5.84 Å². The van der Waals surface area contributed by atoms with Gasteiger partial charge in [0, 0.05) is 5.54 Å². The van der Waals surface area contributed by atoms with E-state index in [-0.39, 0.29) is 17.4 Å². The molecule has 0 saturated carbocycles. The van der Waals surface area contributed by atoms with Crippen LogP contribution in [0, 0.1) is 12.7 Å². The van der Waals surface area contributed by atoms with Gasteiger partial charge < -0.3 is 4.90 Å². The van der Waals surface area contributed by atoms with Gasteiger partial charge in [0.2, 0.25) is 0 Å². The van der Waals surface area contributed by atoms with E-state index in [0.29, 0.717) is 0 Å². The number of likely N-dealkylation sites (N-methyl/N-ethyl adjacent to an activating group) is 1. The molecule has 0 aliphatic rings. The Morgan fingerprint density at radius 2 is 2.00 bits per heavy atom. The molecule has 3 N–H and O–H groups in total. The lowest BCUT2D eigenvalue weighted by molar-refractivity contribution is 0.113. The maximum absolute atomic E-state index is 13.5. The first-order valence-corrected chi connectivity index (χ1v) is 6.25. The normalized spacial score (nSPS) is 16.7. The van der Waals surface area contributed by atoms with E-state index in [1.807, 2.05) is 27.1 Å². The van der Waals surface area contributed by atoms with E-state index in [9.17, 15) is 4.39 Å². The van der Waals surface area contributed by atoms with Crippen molar-refractivity contribution in [2.24, 2.45) is 5.84 Å².